The molecule has 0 saturated carbocycles. The van der Waals surface area contributed by atoms with Gasteiger partial charge in [-0.3, -0.25) is 4.90 Å². The third kappa shape index (κ3) is 5.81. The second-order valence-corrected chi connectivity index (χ2v) is 6.79. The van der Waals surface area contributed by atoms with Gasteiger partial charge in [-0.05, 0) is 56.6 Å². The Morgan fingerprint density at radius 1 is 1.29 bits per heavy atom. The molecule has 0 unspecified atom stereocenters. The Balaban J connectivity index is 1.73. The number of piperidine rings is 1. The Labute approximate surface area is 138 Å². The zero-order valence-electron chi connectivity index (χ0n) is 12.7. The first kappa shape index (κ1) is 16.5. The highest BCUT2D eigenvalue weighted by Gasteiger charge is 2.19. The van der Waals surface area contributed by atoms with Crippen LogP contribution in [0.5, 0.6) is 0 Å². The lowest BCUT2D eigenvalue weighted by molar-refractivity contribution is 0.198. The van der Waals surface area contributed by atoms with Crippen LogP contribution < -0.4 is 10.6 Å². The van der Waals surface area contributed by atoms with Gasteiger partial charge in [-0.2, -0.15) is 0 Å². The highest BCUT2D eigenvalue weighted by molar-refractivity contribution is 7.80. The first-order chi connectivity index (χ1) is 10.0. The summed E-state index contributed by atoms with van der Waals surface area (Å²) >= 11 is 11.2. The lowest BCUT2D eigenvalue weighted by Crippen LogP contribution is -2.48. The summed E-state index contributed by atoms with van der Waals surface area (Å²) in [5, 5.41) is 8.24. The minimum Gasteiger partial charge on any atom is -0.361 e. The van der Waals surface area contributed by atoms with Crippen LogP contribution in [0.15, 0.2) is 24.3 Å². The highest BCUT2D eigenvalue weighted by Crippen LogP contribution is 2.15. The molecule has 1 fully saturated rings. The Bertz CT molecular complexity index is 453. The molecular weight excluding hydrogens is 302 g/mol. The largest absolute Gasteiger partial charge is 0.361 e. The molecule has 1 aromatic carbocycles. The molecule has 5 heteroatoms. The minimum absolute atomic E-state index is 0.384. The lowest BCUT2D eigenvalue weighted by atomic mass is 10.0. The molecule has 21 heavy (non-hydrogen) atoms. The fourth-order valence-corrected chi connectivity index (χ4v) is 3.10. The van der Waals surface area contributed by atoms with Crippen molar-refractivity contribution < 1.29 is 0 Å². The van der Waals surface area contributed by atoms with Crippen LogP contribution in [0.4, 0.5) is 0 Å². The maximum Gasteiger partial charge on any atom is 0.166 e. The van der Waals surface area contributed by atoms with E-state index in [9.17, 15) is 0 Å². The maximum absolute atomic E-state index is 5.92. The van der Waals surface area contributed by atoms with Crippen LogP contribution >= 0.6 is 23.8 Å². The van der Waals surface area contributed by atoms with Crippen LogP contribution in [0.3, 0.4) is 0 Å². The quantitative estimate of drug-likeness (QED) is 0.831. The van der Waals surface area contributed by atoms with Gasteiger partial charge in [0.05, 0.1) is 0 Å². The fraction of sp³-hybridized carbons (Fsp3) is 0.562. The van der Waals surface area contributed by atoms with Gasteiger partial charge in [-0.15, -0.1) is 0 Å². The molecule has 3 nitrogen and oxygen atoms in total. The van der Waals surface area contributed by atoms with Crippen molar-refractivity contribution >= 4 is 28.9 Å². The number of hydrogen-bond donors (Lipinski definition) is 2. The van der Waals surface area contributed by atoms with Gasteiger partial charge in [0, 0.05) is 36.7 Å². The Morgan fingerprint density at radius 2 is 1.90 bits per heavy atom. The van der Waals surface area contributed by atoms with E-state index >= 15 is 0 Å². The zero-order valence-corrected chi connectivity index (χ0v) is 14.3. The van der Waals surface area contributed by atoms with Crippen LogP contribution in [0, 0.1) is 0 Å². The zero-order chi connectivity index (χ0) is 15.2. The summed E-state index contributed by atoms with van der Waals surface area (Å²) in [5.74, 6) is 0. The Kier molecular flexibility index (Phi) is 6.27. The van der Waals surface area contributed by atoms with E-state index in [0.717, 1.165) is 42.6 Å². The predicted molar refractivity (Wildman–Crippen MR) is 93.8 cm³/mol. The van der Waals surface area contributed by atoms with E-state index in [2.05, 4.69) is 41.5 Å². The van der Waals surface area contributed by atoms with Crippen molar-refractivity contribution in [1.29, 1.82) is 0 Å². The van der Waals surface area contributed by atoms with Crippen LogP contribution in [0.25, 0.3) is 0 Å². The molecule has 0 aromatic heterocycles. The third-order valence-corrected chi connectivity index (χ3v) is 4.15. The molecule has 0 radical (unpaired) electrons. The summed E-state index contributed by atoms with van der Waals surface area (Å²) < 4.78 is 0. The summed E-state index contributed by atoms with van der Waals surface area (Å²) in [7, 11) is 0. The van der Waals surface area contributed by atoms with Gasteiger partial charge in [-0.25, -0.2) is 0 Å². The molecule has 1 heterocycles. The molecular formula is C16H24ClN3S. The first-order valence-electron chi connectivity index (χ1n) is 7.57. The van der Waals surface area contributed by atoms with Crippen molar-refractivity contribution in [3.05, 3.63) is 34.9 Å². The van der Waals surface area contributed by atoms with Crippen LogP contribution in [-0.4, -0.2) is 35.2 Å². The number of thiocarbonyl (C=S) groups is 1. The van der Waals surface area contributed by atoms with Crippen molar-refractivity contribution in [2.45, 2.75) is 45.3 Å². The van der Waals surface area contributed by atoms with Gasteiger partial charge in [0.2, 0.25) is 0 Å². The number of halogens is 1. The minimum atomic E-state index is 0.384. The average molecular weight is 326 g/mol. The van der Waals surface area contributed by atoms with Crippen molar-refractivity contribution in [2.75, 3.05) is 13.1 Å². The number of nitrogens with zero attached hydrogens (tertiary/aromatic N) is 1. The van der Waals surface area contributed by atoms with E-state index < -0.39 is 0 Å². The molecule has 0 spiro atoms. The topological polar surface area (TPSA) is 27.3 Å². The summed E-state index contributed by atoms with van der Waals surface area (Å²) in [6, 6.07) is 9.01. The molecule has 1 aromatic rings. The van der Waals surface area contributed by atoms with E-state index in [-0.39, 0.29) is 0 Å². The van der Waals surface area contributed by atoms with Gasteiger partial charge < -0.3 is 10.6 Å². The van der Waals surface area contributed by atoms with Crippen molar-refractivity contribution in [3.63, 3.8) is 0 Å². The van der Waals surface area contributed by atoms with E-state index in [4.69, 9.17) is 23.8 Å². The number of hydrogen-bond acceptors (Lipinski definition) is 2. The molecule has 1 aliphatic heterocycles. The van der Waals surface area contributed by atoms with Crippen molar-refractivity contribution in [1.82, 2.24) is 15.5 Å². The average Bonchev–Trinajstić information content (AvgIpc) is 2.42. The second-order valence-electron chi connectivity index (χ2n) is 5.95. The lowest BCUT2D eigenvalue weighted by Gasteiger charge is -2.33. The monoisotopic (exact) mass is 325 g/mol. The normalized spacial score (nSPS) is 17.0. The summed E-state index contributed by atoms with van der Waals surface area (Å²) in [6.07, 6.45) is 2.26. The molecule has 2 N–H and O–H groups in total. The van der Waals surface area contributed by atoms with Gasteiger partial charge in [0.25, 0.3) is 0 Å². The van der Waals surface area contributed by atoms with Gasteiger partial charge in [0.1, 0.15) is 0 Å². The van der Waals surface area contributed by atoms with E-state index in [1.54, 1.807) is 0 Å². The molecule has 0 aliphatic carbocycles. The van der Waals surface area contributed by atoms with Gasteiger partial charge in [0.15, 0.2) is 5.11 Å². The molecule has 1 saturated heterocycles. The smallest absolute Gasteiger partial charge is 0.166 e. The van der Waals surface area contributed by atoms with Crippen molar-refractivity contribution in [3.8, 4) is 0 Å². The number of rotatable bonds is 4. The summed E-state index contributed by atoms with van der Waals surface area (Å²) in [5.41, 5.74) is 1.32. The standard InChI is InChI=1S/C16H24ClN3S/c1-12(2)18-16(21)19-15-7-9-20(10-8-15)11-13-3-5-14(17)6-4-13/h3-6,12,15H,7-11H2,1-2H3,(H2,18,19,21). The van der Waals surface area contributed by atoms with Crippen LogP contribution in [0.2, 0.25) is 5.02 Å². The number of nitrogens with one attached hydrogen (secondary N) is 2. The van der Waals surface area contributed by atoms with Gasteiger partial charge >= 0.3 is 0 Å². The number of benzene rings is 1. The summed E-state index contributed by atoms with van der Waals surface area (Å²) in [6.45, 7) is 7.40. The van der Waals surface area contributed by atoms with Crippen molar-refractivity contribution in [2.24, 2.45) is 0 Å². The Morgan fingerprint density at radius 3 is 2.48 bits per heavy atom. The molecule has 1 aliphatic rings. The second kappa shape index (κ2) is 7.97. The van der Waals surface area contributed by atoms with Crippen LogP contribution in [0.1, 0.15) is 32.3 Å². The highest BCUT2D eigenvalue weighted by atomic mass is 35.5. The van der Waals surface area contributed by atoms with E-state index in [0.29, 0.717) is 12.1 Å². The van der Waals surface area contributed by atoms with Crippen LogP contribution in [-0.2, 0) is 6.54 Å². The van der Waals surface area contributed by atoms with Gasteiger partial charge in [-0.1, -0.05) is 23.7 Å². The first-order valence-corrected chi connectivity index (χ1v) is 8.35. The molecule has 0 bridgehead atoms. The molecule has 0 atom stereocenters. The number of likely N-dealkylation sites (tertiary alicyclic amines) is 1. The maximum atomic E-state index is 5.92. The molecule has 0 amide bonds. The Hall–Kier alpha value is -0.840. The third-order valence-electron chi connectivity index (χ3n) is 3.66. The SMILES string of the molecule is CC(C)NC(=S)NC1CCN(Cc2ccc(Cl)cc2)CC1. The summed E-state index contributed by atoms with van der Waals surface area (Å²) in [4.78, 5) is 2.49. The predicted octanol–water partition coefficient (Wildman–Crippen LogP) is 3.18. The molecule has 2 rings (SSSR count). The fourth-order valence-electron chi connectivity index (χ4n) is 2.57. The van der Waals surface area contributed by atoms with E-state index in [1.807, 2.05) is 12.1 Å². The molecule has 116 valence electrons. The van der Waals surface area contributed by atoms with E-state index in [1.165, 1.54) is 5.56 Å².